The van der Waals surface area contributed by atoms with Crippen LogP contribution in [0.15, 0.2) is 0 Å². The van der Waals surface area contributed by atoms with E-state index in [-0.39, 0.29) is 0 Å². The van der Waals surface area contributed by atoms with Crippen LogP contribution in [-0.4, -0.2) is 35.6 Å². The number of rotatable bonds is 4. The van der Waals surface area contributed by atoms with Crippen LogP contribution in [0.2, 0.25) is 0 Å². The summed E-state index contributed by atoms with van der Waals surface area (Å²) in [6, 6.07) is 0. The van der Waals surface area contributed by atoms with Crippen molar-refractivity contribution >= 4 is 5.97 Å². The molecule has 3 nitrogen and oxygen atoms in total. The van der Waals surface area contributed by atoms with Crippen LogP contribution in [0.3, 0.4) is 0 Å². The van der Waals surface area contributed by atoms with Crippen molar-refractivity contribution in [1.82, 2.24) is 4.90 Å². The van der Waals surface area contributed by atoms with E-state index in [1.165, 1.54) is 25.7 Å². The van der Waals surface area contributed by atoms with E-state index in [1.54, 1.807) is 0 Å². The molecule has 1 spiro atoms. The average molecular weight is 225 g/mol. The molecule has 1 saturated carbocycles. The molecule has 0 aromatic carbocycles. The third-order valence-corrected chi connectivity index (χ3v) is 4.65. The number of aliphatic carboxylic acids is 1. The van der Waals surface area contributed by atoms with Crippen molar-refractivity contribution < 1.29 is 9.90 Å². The van der Waals surface area contributed by atoms with Gasteiger partial charge in [-0.1, -0.05) is 19.8 Å². The minimum absolute atomic E-state index is 0.555. The summed E-state index contributed by atoms with van der Waals surface area (Å²) in [5.74, 6) is -0.651. The van der Waals surface area contributed by atoms with Gasteiger partial charge in [-0.15, -0.1) is 0 Å². The maximum absolute atomic E-state index is 11.2. The minimum atomic E-state index is -0.651. The highest BCUT2D eigenvalue weighted by Crippen LogP contribution is 2.46. The van der Waals surface area contributed by atoms with Gasteiger partial charge in [-0.25, -0.2) is 0 Å². The minimum Gasteiger partial charge on any atom is -0.481 e. The molecule has 1 aliphatic heterocycles. The smallest absolute Gasteiger partial charge is 0.310 e. The lowest BCUT2D eigenvalue weighted by Crippen LogP contribution is -2.58. The molecule has 1 atom stereocenters. The molecule has 0 aromatic rings. The quantitative estimate of drug-likeness (QED) is 0.798. The number of carboxylic acid groups (broad SMARTS) is 1. The molecule has 0 bridgehead atoms. The van der Waals surface area contributed by atoms with Gasteiger partial charge in [0.15, 0.2) is 0 Å². The fourth-order valence-electron chi connectivity index (χ4n) is 3.28. The second-order valence-corrected chi connectivity index (χ2v) is 6.07. The van der Waals surface area contributed by atoms with Gasteiger partial charge in [0.1, 0.15) is 0 Å². The summed E-state index contributed by atoms with van der Waals surface area (Å²) in [5.41, 5.74) is 0.0212. The Morgan fingerprint density at radius 1 is 1.38 bits per heavy atom. The summed E-state index contributed by atoms with van der Waals surface area (Å²) in [6.07, 6.45) is 6.18. The molecule has 0 aromatic heterocycles. The fraction of sp³-hybridized carbons (Fsp3) is 0.923. The first kappa shape index (κ1) is 11.9. The molecular weight excluding hydrogens is 202 g/mol. The summed E-state index contributed by atoms with van der Waals surface area (Å²) in [7, 11) is 0. The van der Waals surface area contributed by atoms with Crippen LogP contribution in [0.4, 0.5) is 0 Å². The van der Waals surface area contributed by atoms with Gasteiger partial charge in [-0.05, 0) is 31.6 Å². The molecule has 1 unspecified atom stereocenters. The fourth-order valence-corrected chi connectivity index (χ4v) is 3.28. The zero-order valence-electron chi connectivity index (χ0n) is 10.5. The Bertz CT molecular complexity index is 276. The number of carboxylic acids is 1. The Labute approximate surface area is 97.8 Å². The Kier molecular flexibility index (Phi) is 2.99. The van der Waals surface area contributed by atoms with Gasteiger partial charge >= 0.3 is 5.97 Å². The lowest BCUT2D eigenvalue weighted by atomic mass is 9.76. The van der Waals surface area contributed by atoms with Crippen LogP contribution in [0, 0.1) is 10.8 Å². The van der Waals surface area contributed by atoms with E-state index in [2.05, 4.69) is 4.90 Å². The van der Waals surface area contributed by atoms with Crippen LogP contribution >= 0.6 is 0 Å². The third kappa shape index (κ3) is 1.97. The van der Waals surface area contributed by atoms with Gasteiger partial charge in [0.25, 0.3) is 0 Å². The first-order chi connectivity index (χ1) is 7.50. The Morgan fingerprint density at radius 2 is 1.94 bits per heavy atom. The van der Waals surface area contributed by atoms with E-state index >= 15 is 0 Å². The van der Waals surface area contributed by atoms with Gasteiger partial charge in [0.05, 0.1) is 5.41 Å². The van der Waals surface area contributed by atoms with Crippen LogP contribution in [0.25, 0.3) is 0 Å². The van der Waals surface area contributed by atoms with Gasteiger partial charge in [-0.2, -0.15) is 0 Å². The standard InChI is InChI=1S/C13H23NO2/c1-3-12(2,11(15)16)8-14-9-13(10-14)6-4-5-7-13/h3-10H2,1-2H3,(H,15,16). The molecule has 0 radical (unpaired) electrons. The van der Waals surface area contributed by atoms with E-state index in [1.807, 2.05) is 13.8 Å². The summed E-state index contributed by atoms with van der Waals surface area (Å²) in [4.78, 5) is 13.6. The second-order valence-electron chi connectivity index (χ2n) is 6.07. The average Bonchev–Trinajstić information content (AvgIpc) is 2.65. The van der Waals surface area contributed by atoms with Crippen molar-refractivity contribution in [2.75, 3.05) is 19.6 Å². The van der Waals surface area contributed by atoms with Crippen molar-refractivity contribution in [3.8, 4) is 0 Å². The van der Waals surface area contributed by atoms with Crippen LogP contribution in [-0.2, 0) is 4.79 Å². The zero-order chi connectivity index (χ0) is 11.8. The highest BCUT2D eigenvalue weighted by molar-refractivity contribution is 5.74. The molecule has 1 N–H and O–H groups in total. The predicted octanol–water partition coefficient (Wildman–Crippen LogP) is 2.36. The lowest BCUT2D eigenvalue weighted by Gasteiger charge is -2.50. The number of nitrogens with zero attached hydrogens (tertiary/aromatic N) is 1. The van der Waals surface area contributed by atoms with Crippen LogP contribution < -0.4 is 0 Å². The topological polar surface area (TPSA) is 40.5 Å². The molecule has 0 amide bonds. The normalized spacial score (nSPS) is 27.6. The molecule has 2 rings (SSSR count). The number of likely N-dealkylation sites (tertiary alicyclic amines) is 1. The van der Waals surface area contributed by atoms with E-state index < -0.39 is 11.4 Å². The molecule has 1 heterocycles. The highest BCUT2D eigenvalue weighted by atomic mass is 16.4. The van der Waals surface area contributed by atoms with Gasteiger partial charge in [0.2, 0.25) is 0 Å². The summed E-state index contributed by atoms with van der Waals surface area (Å²) in [6.45, 7) is 6.83. The molecule has 16 heavy (non-hydrogen) atoms. The summed E-state index contributed by atoms with van der Waals surface area (Å²) >= 11 is 0. The van der Waals surface area contributed by atoms with Crippen molar-refractivity contribution in [2.24, 2.45) is 10.8 Å². The van der Waals surface area contributed by atoms with E-state index in [0.29, 0.717) is 11.8 Å². The van der Waals surface area contributed by atoms with Gasteiger partial charge in [0, 0.05) is 19.6 Å². The van der Waals surface area contributed by atoms with Crippen molar-refractivity contribution in [2.45, 2.75) is 46.0 Å². The van der Waals surface area contributed by atoms with Crippen LogP contribution in [0.1, 0.15) is 46.0 Å². The number of hydrogen-bond donors (Lipinski definition) is 1. The first-order valence-corrected chi connectivity index (χ1v) is 6.45. The monoisotopic (exact) mass is 225 g/mol. The molecule has 2 fully saturated rings. The summed E-state index contributed by atoms with van der Waals surface area (Å²) < 4.78 is 0. The van der Waals surface area contributed by atoms with Gasteiger partial charge < -0.3 is 10.0 Å². The van der Waals surface area contributed by atoms with Crippen molar-refractivity contribution in [3.05, 3.63) is 0 Å². The van der Waals surface area contributed by atoms with E-state index in [4.69, 9.17) is 0 Å². The van der Waals surface area contributed by atoms with Gasteiger partial charge in [-0.3, -0.25) is 4.79 Å². The molecular formula is C13H23NO2. The zero-order valence-corrected chi connectivity index (χ0v) is 10.5. The molecule has 2 aliphatic rings. The third-order valence-electron chi connectivity index (χ3n) is 4.65. The van der Waals surface area contributed by atoms with E-state index in [9.17, 15) is 9.90 Å². The molecule has 92 valence electrons. The Morgan fingerprint density at radius 3 is 2.38 bits per heavy atom. The maximum atomic E-state index is 11.2. The highest BCUT2D eigenvalue weighted by Gasteiger charge is 2.47. The predicted molar refractivity (Wildman–Crippen MR) is 63.4 cm³/mol. The second kappa shape index (κ2) is 4.02. The van der Waals surface area contributed by atoms with Crippen molar-refractivity contribution in [3.63, 3.8) is 0 Å². The SMILES string of the molecule is CCC(C)(CN1CC2(CCCC2)C1)C(=O)O. The first-order valence-electron chi connectivity index (χ1n) is 6.45. The Hall–Kier alpha value is -0.570. The van der Waals surface area contributed by atoms with Crippen molar-refractivity contribution in [1.29, 1.82) is 0 Å². The van der Waals surface area contributed by atoms with Crippen LogP contribution in [0.5, 0.6) is 0 Å². The molecule has 1 aliphatic carbocycles. The number of carbonyl (C=O) groups is 1. The number of hydrogen-bond acceptors (Lipinski definition) is 2. The Balaban J connectivity index is 1.86. The maximum Gasteiger partial charge on any atom is 0.310 e. The molecule has 3 heteroatoms. The lowest BCUT2D eigenvalue weighted by molar-refractivity contribution is -0.151. The molecule has 1 saturated heterocycles. The largest absolute Gasteiger partial charge is 0.481 e. The van der Waals surface area contributed by atoms with E-state index in [0.717, 1.165) is 19.6 Å². The summed E-state index contributed by atoms with van der Waals surface area (Å²) in [5, 5.41) is 9.23.